The first-order valence-electron chi connectivity index (χ1n) is 5.41. The molecule has 2 atom stereocenters. The molecular weight excluding hydrogens is 208 g/mol. The van der Waals surface area contributed by atoms with Crippen LogP contribution in [0.3, 0.4) is 0 Å². The van der Waals surface area contributed by atoms with Gasteiger partial charge in [-0.05, 0) is 26.2 Å². The number of ketones is 1. The third-order valence-corrected chi connectivity index (χ3v) is 2.95. The molecule has 0 amide bonds. The molecule has 0 aromatic carbocycles. The first-order valence-corrected chi connectivity index (χ1v) is 5.41. The second-order valence-corrected chi connectivity index (χ2v) is 4.79. The van der Waals surface area contributed by atoms with Gasteiger partial charge in [-0.25, -0.2) is 0 Å². The summed E-state index contributed by atoms with van der Waals surface area (Å²) < 4.78 is 0. The van der Waals surface area contributed by atoms with Crippen LogP contribution in [0.5, 0.6) is 0 Å². The van der Waals surface area contributed by atoms with Crippen LogP contribution in [0.2, 0.25) is 0 Å². The van der Waals surface area contributed by atoms with Crippen LogP contribution in [0.15, 0.2) is 12.7 Å². The number of hydrogen-bond donors (Lipinski definition) is 3. The Morgan fingerprint density at radius 1 is 1.38 bits per heavy atom. The van der Waals surface area contributed by atoms with Crippen LogP contribution in [-0.2, 0) is 4.79 Å². The van der Waals surface area contributed by atoms with E-state index in [0.717, 1.165) is 0 Å². The van der Waals surface area contributed by atoms with Crippen molar-refractivity contribution < 1.29 is 20.1 Å². The van der Waals surface area contributed by atoms with Crippen LogP contribution >= 0.6 is 0 Å². The average molecular weight is 230 g/mol. The molecular formula is C12H22O4. The summed E-state index contributed by atoms with van der Waals surface area (Å²) in [7, 11) is 0. The highest BCUT2D eigenvalue weighted by Crippen LogP contribution is 2.24. The van der Waals surface area contributed by atoms with Gasteiger partial charge in [0.25, 0.3) is 0 Å². The lowest BCUT2D eigenvalue weighted by Crippen LogP contribution is -2.39. The van der Waals surface area contributed by atoms with Crippen molar-refractivity contribution in [2.45, 2.75) is 46.0 Å². The van der Waals surface area contributed by atoms with Gasteiger partial charge in [-0.3, -0.25) is 4.79 Å². The number of rotatable bonds is 7. The molecule has 0 aliphatic rings. The zero-order chi connectivity index (χ0) is 12.9. The maximum absolute atomic E-state index is 11.7. The molecule has 0 aromatic rings. The maximum atomic E-state index is 11.7. The van der Waals surface area contributed by atoms with Crippen LogP contribution in [0.1, 0.15) is 33.6 Å². The number of carbonyl (C=O) groups is 1. The largest absolute Gasteiger partial charge is 0.392 e. The van der Waals surface area contributed by atoms with Gasteiger partial charge in [0, 0.05) is 6.42 Å². The average Bonchev–Trinajstić information content (AvgIpc) is 2.17. The molecule has 0 saturated heterocycles. The molecule has 16 heavy (non-hydrogen) atoms. The van der Waals surface area contributed by atoms with Crippen molar-refractivity contribution in [3.63, 3.8) is 0 Å². The second kappa shape index (κ2) is 6.13. The summed E-state index contributed by atoms with van der Waals surface area (Å²) in [6.07, 6.45) is -0.244. The molecule has 0 unspecified atom stereocenters. The predicted molar refractivity (Wildman–Crippen MR) is 61.6 cm³/mol. The van der Waals surface area contributed by atoms with E-state index in [1.54, 1.807) is 6.08 Å². The molecule has 3 N–H and O–H groups in total. The third-order valence-electron chi connectivity index (χ3n) is 2.95. The fraction of sp³-hybridized carbons (Fsp3) is 0.750. The molecule has 0 aromatic heterocycles. The fourth-order valence-corrected chi connectivity index (χ4v) is 1.22. The fourth-order valence-electron chi connectivity index (χ4n) is 1.22. The summed E-state index contributed by atoms with van der Waals surface area (Å²) in [6, 6.07) is 0. The number of Topliss-reactive ketones (excluding diaryl/α,β-unsaturated/α-hetero) is 1. The van der Waals surface area contributed by atoms with Crippen LogP contribution in [0, 0.1) is 11.3 Å². The highest BCUT2D eigenvalue weighted by atomic mass is 16.5. The standard InChI is InChI=1S/C12H22O4/c1-5-6-8(2)9(13)7-10(14)12(3,4)11(15)16/h5,8-9,11,13,15-16H,1,6-7H2,2-4H3/t8-,9+/m0/s1. The van der Waals surface area contributed by atoms with Crippen molar-refractivity contribution in [3.05, 3.63) is 12.7 Å². The Morgan fingerprint density at radius 2 is 1.88 bits per heavy atom. The molecule has 0 bridgehead atoms. The Morgan fingerprint density at radius 3 is 2.25 bits per heavy atom. The van der Waals surface area contributed by atoms with E-state index in [9.17, 15) is 9.90 Å². The molecule has 0 fully saturated rings. The molecule has 4 heteroatoms. The number of allylic oxidation sites excluding steroid dienone is 1. The lowest BCUT2D eigenvalue weighted by atomic mass is 9.82. The Hall–Kier alpha value is -0.710. The van der Waals surface area contributed by atoms with Gasteiger partial charge in [-0.1, -0.05) is 13.0 Å². The van der Waals surface area contributed by atoms with Crippen molar-refractivity contribution in [2.24, 2.45) is 11.3 Å². The number of hydrogen-bond acceptors (Lipinski definition) is 4. The Labute approximate surface area is 96.6 Å². The molecule has 0 rings (SSSR count). The zero-order valence-corrected chi connectivity index (χ0v) is 10.2. The first-order chi connectivity index (χ1) is 7.23. The van der Waals surface area contributed by atoms with Crippen LogP contribution in [-0.4, -0.2) is 33.5 Å². The van der Waals surface area contributed by atoms with Crippen molar-refractivity contribution in [2.75, 3.05) is 0 Å². The molecule has 0 aliphatic carbocycles. The summed E-state index contributed by atoms with van der Waals surface area (Å²) in [5.74, 6) is -0.418. The maximum Gasteiger partial charge on any atom is 0.163 e. The van der Waals surface area contributed by atoms with E-state index in [0.29, 0.717) is 6.42 Å². The van der Waals surface area contributed by atoms with E-state index in [1.165, 1.54) is 13.8 Å². The molecule has 0 saturated carbocycles. The number of carbonyl (C=O) groups excluding carboxylic acids is 1. The molecule has 0 heterocycles. The lowest BCUT2D eigenvalue weighted by molar-refractivity contribution is -0.158. The van der Waals surface area contributed by atoms with Crippen LogP contribution in [0.4, 0.5) is 0 Å². The highest BCUT2D eigenvalue weighted by Gasteiger charge is 2.35. The van der Waals surface area contributed by atoms with E-state index in [4.69, 9.17) is 10.2 Å². The highest BCUT2D eigenvalue weighted by molar-refractivity contribution is 5.84. The van der Waals surface area contributed by atoms with E-state index in [2.05, 4.69) is 6.58 Å². The summed E-state index contributed by atoms with van der Waals surface area (Å²) in [6.45, 7) is 8.28. The Kier molecular flexibility index (Phi) is 5.86. The van der Waals surface area contributed by atoms with Gasteiger partial charge in [-0.2, -0.15) is 0 Å². The summed E-state index contributed by atoms with van der Waals surface area (Å²) in [5, 5.41) is 27.8. The molecule has 0 spiro atoms. The van der Waals surface area contributed by atoms with Gasteiger partial charge in [0.1, 0.15) is 5.78 Å². The van der Waals surface area contributed by atoms with Crippen molar-refractivity contribution in [3.8, 4) is 0 Å². The minimum Gasteiger partial charge on any atom is -0.392 e. The van der Waals surface area contributed by atoms with Gasteiger partial charge >= 0.3 is 0 Å². The van der Waals surface area contributed by atoms with E-state index >= 15 is 0 Å². The smallest absolute Gasteiger partial charge is 0.163 e. The molecule has 4 nitrogen and oxygen atoms in total. The summed E-state index contributed by atoms with van der Waals surface area (Å²) >= 11 is 0. The third kappa shape index (κ3) is 4.04. The van der Waals surface area contributed by atoms with Crippen LogP contribution < -0.4 is 0 Å². The van der Waals surface area contributed by atoms with Crippen LogP contribution in [0.25, 0.3) is 0 Å². The quantitative estimate of drug-likeness (QED) is 0.447. The predicted octanol–water partition coefficient (Wildman–Crippen LogP) is 0.856. The van der Waals surface area contributed by atoms with Gasteiger partial charge < -0.3 is 15.3 Å². The monoisotopic (exact) mass is 230 g/mol. The van der Waals surface area contributed by atoms with Gasteiger partial charge in [0.2, 0.25) is 0 Å². The SMILES string of the molecule is C=CC[C@H](C)[C@H](O)CC(=O)C(C)(C)C(O)O. The summed E-state index contributed by atoms with van der Waals surface area (Å²) in [4.78, 5) is 11.7. The van der Waals surface area contributed by atoms with Crippen molar-refractivity contribution in [1.82, 2.24) is 0 Å². The normalized spacial score (nSPS) is 15.9. The van der Waals surface area contributed by atoms with Gasteiger partial charge in [-0.15, -0.1) is 6.58 Å². The van der Waals surface area contributed by atoms with Crippen molar-refractivity contribution >= 4 is 5.78 Å². The lowest BCUT2D eigenvalue weighted by Gasteiger charge is -2.27. The number of aliphatic hydroxyl groups excluding tert-OH is 2. The Balaban J connectivity index is 4.39. The second-order valence-electron chi connectivity index (χ2n) is 4.79. The Bertz CT molecular complexity index is 245. The first kappa shape index (κ1) is 15.3. The van der Waals surface area contributed by atoms with E-state index < -0.39 is 17.8 Å². The molecule has 94 valence electrons. The number of aliphatic hydroxyl groups is 3. The van der Waals surface area contributed by atoms with Gasteiger partial charge in [0.15, 0.2) is 6.29 Å². The molecule has 0 aliphatic heterocycles. The minimum absolute atomic E-state index is 0.0620. The minimum atomic E-state index is -1.71. The summed E-state index contributed by atoms with van der Waals surface area (Å²) in [5.41, 5.74) is -1.24. The zero-order valence-electron chi connectivity index (χ0n) is 10.2. The van der Waals surface area contributed by atoms with Crippen molar-refractivity contribution in [1.29, 1.82) is 0 Å². The van der Waals surface area contributed by atoms with E-state index in [-0.39, 0.29) is 18.1 Å². The topological polar surface area (TPSA) is 77.8 Å². The van der Waals surface area contributed by atoms with Gasteiger partial charge in [0.05, 0.1) is 11.5 Å². The molecule has 0 radical (unpaired) electrons. The van der Waals surface area contributed by atoms with E-state index in [1.807, 2.05) is 6.92 Å².